The van der Waals surface area contributed by atoms with Crippen molar-refractivity contribution < 1.29 is 25.2 Å². The van der Waals surface area contributed by atoms with Crippen molar-refractivity contribution in [1.82, 2.24) is 10.2 Å². The predicted molar refractivity (Wildman–Crippen MR) is 119 cm³/mol. The number of nitrogens with zero attached hydrogens (tertiary/aromatic N) is 2. The predicted octanol–water partition coefficient (Wildman–Crippen LogP) is 4.81. The first-order valence-electron chi connectivity index (χ1n) is 9.10. The average Bonchev–Trinajstić information content (AvgIpc) is 3.22. The summed E-state index contributed by atoms with van der Waals surface area (Å²) >= 11 is 3.69. The molecular weight excluding hydrogens is 458 g/mol. The molecule has 160 valence electrons. The van der Waals surface area contributed by atoms with Gasteiger partial charge in [0.05, 0.1) is 10.6 Å². The van der Waals surface area contributed by atoms with E-state index in [4.69, 9.17) is 5.26 Å². The van der Waals surface area contributed by atoms with Crippen LogP contribution in [0.3, 0.4) is 0 Å². The fourth-order valence-electron chi connectivity index (χ4n) is 2.98. The number of thioether (sulfide) groups is 1. The summed E-state index contributed by atoms with van der Waals surface area (Å²) in [5.74, 6) is -0.312. The summed E-state index contributed by atoms with van der Waals surface area (Å²) in [5, 5.41) is 42.6. The molecule has 2 aromatic carbocycles. The quantitative estimate of drug-likeness (QED) is 0.0992. The minimum Gasteiger partial charge on any atom is -0.506 e. The number of nitrogens with one attached hydrogen (secondary N) is 1. The molecule has 0 fully saturated rings. The van der Waals surface area contributed by atoms with Crippen molar-refractivity contribution >= 4 is 52.2 Å². The zero-order chi connectivity index (χ0) is 22.0. The van der Waals surface area contributed by atoms with Crippen LogP contribution >= 0.6 is 34.9 Å². The van der Waals surface area contributed by atoms with E-state index < -0.39 is 0 Å². The van der Waals surface area contributed by atoms with Crippen LogP contribution in [0.4, 0.5) is 5.69 Å². The number of carbonyl (C=O) groups excluding carboxylic acids is 1. The van der Waals surface area contributed by atoms with Gasteiger partial charge in [-0.05, 0) is 12.5 Å². The van der Waals surface area contributed by atoms with Gasteiger partial charge in [-0.25, -0.2) is 5.26 Å². The molecule has 1 aromatic heterocycles. The second-order valence-electron chi connectivity index (χ2n) is 6.68. The molecule has 3 aromatic rings. The highest BCUT2D eigenvalue weighted by atomic mass is 32.2. The minimum atomic E-state index is -0.304. The van der Waals surface area contributed by atoms with E-state index in [0.29, 0.717) is 31.1 Å². The topological polar surface area (TPSA) is 125 Å². The van der Waals surface area contributed by atoms with Crippen molar-refractivity contribution in [2.45, 2.75) is 26.9 Å². The number of rotatable bonds is 6. The second-order valence-corrected chi connectivity index (χ2v) is 10.1. The highest BCUT2D eigenvalue weighted by Gasteiger charge is 2.29. The maximum absolute atomic E-state index is 11.9. The van der Waals surface area contributed by atoms with Crippen LogP contribution in [-0.4, -0.2) is 31.6 Å². The molecule has 0 bridgehead atoms. The number of aromatic nitrogens is 2. The SMILES string of the molecule is CC1Cc2c(O)c(Sc3nnc(S/C=C(\OO)c4ccccc4)s3)cc(O)c2NC1=O. The summed E-state index contributed by atoms with van der Waals surface area (Å²) in [6.07, 6.45) is 0.334. The summed E-state index contributed by atoms with van der Waals surface area (Å²) in [7, 11) is 0. The van der Waals surface area contributed by atoms with Crippen molar-refractivity contribution in [3.63, 3.8) is 0 Å². The maximum atomic E-state index is 11.9. The van der Waals surface area contributed by atoms with Gasteiger partial charge in [-0.2, -0.15) is 0 Å². The number of anilines is 1. The van der Waals surface area contributed by atoms with Gasteiger partial charge in [-0.15, -0.1) is 10.2 Å². The van der Waals surface area contributed by atoms with Crippen LogP contribution in [-0.2, 0) is 16.1 Å². The van der Waals surface area contributed by atoms with E-state index in [0.717, 1.165) is 0 Å². The van der Waals surface area contributed by atoms with Crippen LogP contribution in [0.2, 0.25) is 0 Å². The number of hydrogen-bond donors (Lipinski definition) is 4. The van der Waals surface area contributed by atoms with Crippen LogP contribution in [0, 0.1) is 5.92 Å². The van der Waals surface area contributed by atoms with Gasteiger partial charge in [0.1, 0.15) is 11.5 Å². The lowest BCUT2D eigenvalue weighted by molar-refractivity contribution is -0.169. The normalized spacial score (nSPS) is 16.0. The van der Waals surface area contributed by atoms with Gasteiger partial charge >= 0.3 is 0 Å². The van der Waals surface area contributed by atoms with Gasteiger partial charge in [0.2, 0.25) is 5.91 Å². The van der Waals surface area contributed by atoms with Crippen molar-refractivity contribution in [3.8, 4) is 11.5 Å². The molecule has 11 heteroatoms. The van der Waals surface area contributed by atoms with Crippen molar-refractivity contribution in [2.75, 3.05) is 5.32 Å². The van der Waals surface area contributed by atoms with E-state index in [1.165, 1.54) is 40.9 Å². The first-order chi connectivity index (χ1) is 15.0. The zero-order valence-corrected chi connectivity index (χ0v) is 18.6. The molecule has 0 spiro atoms. The molecular formula is C20H17N3O5S3. The number of phenolic OH excluding ortho intramolecular Hbond substituents is 2. The van der Waals surface area contributed by atoms with E-state index in [2.05, 4.69) is 20.4 Å². The van der Waals surface area contributed by atoms with Crippen LogP contribution < -0.4 is 5.32 Å². The third-order valence-corrected chi connectivity index (χ3v) is 7.51. The third kappa shape index (κ3) is 4.64. The van der Waals surface area contributed by atoms with Gasteiger partial charge in [-0.3, -0.25) is 4.79 Å². The molecule has 0 aliphatic carbocycles. The molecule has 1 atom stereocenters. The lowest BCUT2D eigenvalue weighted by atomic mass is 9.93. The molecule has 2 heterocycles. The van der Waals surface area contributed by atoms with Gasteiger partial charge in [0.15, 0.2) is 14.4 Å². The summed E-state index contributed by atoms with van der Waals surface area (Å²) < 4.78 is 1.17. The Balaban J connectivity index is 1.52. The van der Waals surface area contributed by atoms with Gasteiger partial charge < -0.3 is 20.4 Å². The maximum Gasteiger partial charge on any atom is 0.227 e. The smallest absolute Gasteiger partial charge is 0.227 e. The second kappa shape index (κ2) is 9.18. The van der Waals surface area contributed by atoms with E-state index in [1.54, 1.807) is 24.5 Å². The molecule has 1 unspecified atom stereocenters. The van der Waals surface area contributed by atoms with Gasteiger partial charge in [0, 0.05) is 22.5 Å². The van der Waals surface area contributed by atoms with Crippen molar-refractivity contribution in [3.05, 3.63) is 52.9 Å². The lowest BCUT2D eigenvalue weighted by Gasteiger charge is -2.24. The molecule has 1 amide bonds. The number of benzene rings is 2. The van der Waals surface area contributed by atoms with Crippen LogP contribution in [0.15, 0.2) is 55.4 Å². The molecule has 4 N–H and O–H groups in total. The summed E-state index contributed by atoms with van der Waals surface area (Å²) in [5.41, 5.74) is 1.47. The van der Waals surface area contributed by atoms with Crippen LogP contribution in [0.1, 0.15) is 18.1 Å². The summed E-state index contributed by atoms with van der Waals surface area (Å²) in [4.78, 5) is 16.7. The molecule has 0 saturated carbocycles. The largest absolute Gasteiger partial charge is 0.506 e. The minimum absolute atomic E-state index is 0.00833. The Morgan fingerprint density at radius 1 is 1.26 bits per heavy atom. The van der Waals surface area contributed by atoms with Crippen LogP contribution in [0.25, 0.3) is 5.76 Å². The van der Waals surface area contributed by atoms with Gasteiger partial charge in [-0.1, -0.05) is 72.1 Å². The lowest BCUT2D eigenvalue weighted by Crippen LogP contribution is -2.27. The Kier molecular flexibility index (Phi) is 6.37. The average molecular weight is 476 g/mol. The molecule has 0 saturated heterocycles. The number of fused-ring (bicyclic) bond motifs is 1. The fraction of sp³-hybridized carbons (Fsp3) is 0.150. The molecule has 0 radical (unpaired) electrons. The van der Waals surface area contributed by atoms with Crippen LogP contribution in [0.5, 0.6) is 11.5 Å². The Morgan fingerprint density at radius 3 is 2.74 bits per heavy atom. The van der Waals surface area contributed by atoms with E-state index >= 15 is 0 Å². The zero-order valence-electron chi connectivity index (χ0n) is 16.1. The number of amides is 1. The molecule has 8 nitrogen and oxygen atoms in total. The summed E-state index contributed by atoms with van der Waals surface area (Å²) in [6.45, 7) is 1.76. The first kappa shape index (κ1) is 21.5. The Labute approximate surface area is 189 Å². The monoisotopic (exact) mass is 475 g/mol. The molecule has 1 aliphatic heterocycles. The van der Waals surface area contributed by atoms with E-state index in [1.807, 2.05) is 18.2 Å². The number of hydrogen-bond acceptors (Lipinski definition) is 10. The standard InChI is InChI=1S/C20H17N3O5S3/c1-10-7-12-16(21-18(10)26)13(24)8-15(17(12)25)30-20-23-22-19(31-20)29-9-14(28-27)11-5-3-2-4-6-11/h2-6,8-10,24-25,27H,7H2,1H3,(H,21,26)/b14-9-. The molecule has 1 aliphatic rings. The molecule has 4 rings (SSSR count). The highest BCUT2D eigenvalue weighted by Crippen LogP contribution is 2.47. The fourth-order valence-corrected chi connectivity index (χ4v) is 5.83. The van der Waals surface area contributed by atoms with E-state index in [-0.39, 0.29) is 34.8 Å². The Morgan fingerprint density at radius 2 is 2.00 bits per heavy atom. The van der Waals surface area contributed by atoms with Gasteiger partial charge in [0.25, 0.3) is 0 Å². The third-order valence-electron chi connectivity index (χ3n) is 4.56. The van der Waals surface area contributed by atoms with Crippen molar-refractivity contribution in [1.29, 1.82) is 0 Å². The number of carbonyl (C=O) groups is 1. The Hall–Kier alpha value is -2.73. The summed E-state index contributed by atoms with van der Waals surface area (Å²) in [6, 6.07) is 10.5. The molecule has 31 heavy (non-hydrogen) atoms. The van der Waals surface area contributed by atoms with Crippen molar-refractivity contribution in [2.24, 2.45) is 5.92 Å². The number of aromatic hydroxyl groups is 2. The highest BCUT2D eigenvalue weighted by molar-refractivity contribution is 8.05. The number of phenols is 2. The Bertz CT molecular complexity index is 1150. The first-order valence-corrected chi connectivity index (χ1v) is 11.6. The van der Waals surface area contributed by atoms with E-state index in [9.17, 15) is 15.0 Å².